The number of pyridine rings is 2. The van der Waals surface area contributed by atoms with Gasteiger partial charge in [-0.2, -0.15) is 0 Å². The van der Waals surface area contributed by atoms with Crippen LogP contribution in [-0.2, 0) is 36.7 Å². The highest BCUT2D eigenvalue weighted by molar-refractivity contribution is 5.85. The van der Waals surface area contributed by atoms with E-state index < -0.39 is 59.1 Å². The fourth-order valence-corrected chi connectivity index (χ4v) is 5.10. The van der Waals surface area contributed by atoms with Crippen LogP contribution in [0.4, 0.5) is 17.6 Å². The van der Waals surface area contributed by atoms with Crippen molar-refractivity contribution < 1.29 is 41.4 Å². The summed E-state index contributed by atoms with van der Waals surface area (Å²) in [7, 11) is 0. The molecule has 0 saturated carbocycles. The summed E-state index contributed by atoms with van der Waals surface area (Å²) in [5.41, 5.74) is -0.791. The zero-order valence-corrected chi connectivity index (χ0v) is 30.2. The molecule has 2 aromatic rings. The number of halogens is 5. The van der Waals surface area contributed by atoms with Crippen molar-refractivity contribution in [2.24, 2.45) is 11.8 Å². The fraction of sp³-hybridized carbons (Fsp3) is 0.618. The quantitative estimate of drug-likeness (QED) is 0.186. The Morgan fingerprint density at radius 1 is 0.840 bits per heavy atom. The first kappa shape index (κ1) is 44.5. The van der Waals surface area contributed by atoms with E-state index in [-0.39, 0.29) is 43.9 Å². The van der Waals surface area contributed by atoms with Gasteiger partial charge in [-0.3, -0.25) is 23.6 Å². The van der Waals surface area contributed by atoms with Crippen LogP contribution < -0.4 is 16.4 Å². The third-order valence-corrected chi connectivity index (χ3v) is 7.71. The second kappa shape index (κ2) is 21.6. The highest BCUT2D eigenvalue weighted by Crippen LogP contribution is 2.21. The van der Waals surface area contributed by atoms with E-state index in [1.807, 2.05) is 4.90 Å². The average molecular weight is 737 g/mol. The molecule has 4 rings (SSSR count). The number of rotatable bonds is 13. The van der Waals surface area contributed by atoms with E-state index in [1.54, 1.807) is 41.5 Å². The number of aldehydes is 1. The van der Waals surface area contributed by atoms with Crippen LogP contribution in [0.3, 0.4) is 0 Å². The van der Waals surface area contributed by atoms with Crippen molar-refractivity contribution in [2.75, 3.05) is 45.9 Å². The number of likely N-dealkylation sites (tertiary alicyclic amines) is 1. The molecule has 50 heavy (non-hydrogen) atoms. The summed E-state index contributed by atoms with van der Waals surface area (Å²) in [4.78, 5) is 60.6. The van der Waals surface area contributed by atoms with Gasteiger partial charge in [0, 0.05) is 51.5 Å². The first-order chi connectivity index (χ1) is 23.1. The fourth-order valence-electron chi connectivity index (χ4n) is 5.10. The van der Waals surface area contributed by atoms with Gasteiger partial charge in [0.25, 0.3) is 11.1 Å². The van der Waals surface area contributed by atoms with E-state index in [2.05, 4.69) is 5.32 Å². The lowest BCUT2D eigenvalue weighted by Crippen LogP contribution is -2.49. The van der Waals surface area contributed by atoms with Gasteiger partial charge in [-0.1, -0.05) is 27.7 Å². The van der Waals surface area contributed by atoms with Gasteiger partial charge in [0.2, 0.25) is 0 Å². The number of nitrogens with zero attached hydrogens (tertiary/aromatic N) is 3. The van der Waals surface area contributed by atoms with E-state index in [0.717, 1.165) is 15.2 Å². The third kappa shape index (κ3) is 13.0. The molecule has 2 atom stereocenters. The number of alkyl halides is 2. The highest BCUT2D eigenvalue weighted by atomic mass is 35.5. The molecule has 2 aliphatic rings. The molecule has 16 heteroatoms. The average Bonchev–Trinajstić information content (AvgIpc) is 2.99. The lowest BCUT2D eigenvalue weighted by atomic mass is 10.0. The van der Waals surface area contributed by atoms with E-state index in [0.29, 0.717) is 56.6 Å². The van der Waals surface area contributed by atoms with Crippen molar-refractivity contribution in [3.8, 4) is 0 Å². The number of esters is 2. The molecule has 11 nitrogen and oxygen atoms in total. The predicted octanol–water partition coefficient (Wildman–Crippen LogP) is 3.78. The summed E-state index contributed by atoms with van der Waals surface area (Å²) < 4.78 is 64.0. The minimum atomic E-state index is -0.987. The molecule has 2 unspecified atom stereocenters. The van der Waals surface area contributed by atoms with Crippen molar-refractivity contribution in [2.45, 2.75) is 78.8 Å². The van der Waals surface area contributed by atoms with Gasteiger partial charge in [0.15, 0.2) is 11.6 Å². The number of ether oxygens (including phenoxy) is 2. The van der Waals surface area contributed by atoms with E-state index in [9.17, 15) is 41.5 Å². The van der Waals surface area contributed by atoms with Gasteiger partial charge >= 0.3 is 11.9 Å². The molecule has 1 N–H and O–H groups in total. The number of nitrogens with one attached hydrogen (secondary N) is 1. The minimum absolute atomic E-state index is 0. The van der Waals surface area contributed by atoms with E-state index in [1.165, 1.54) is 18.5 Å². The Bertz CT molecular complexity index is 1510. The molecule has 2 aliphatic heterocycles. The number of hydrogen-bond donors (Lipinski definition) is 1. The Hall–Kier alpha value is -3.56. The normalized spacial score (nSPS) is 15.6. The monoisotopic (exact) mass is 736 g/mol. The van der Waals surface area contributed by atoms with Gasteiger partial charge in [-0.05, 0) is 55.4 Å². The summed E-state index contributed by atoms with van der Waals surface area (Å²) in [5, 5.41) is 2.79. The second-order valence-electron chi connectivity index (χ2n) is 12.4. The van der Waals surface area contributed by atoms with Crippen LogP contribution in [0.5, 0.6) is 0 Å². The molecule has 0 amide bonds. The van der Waals surface area contributed by atoms with Crippen LogP contribution in [-0.4, -0.2) is 90.5 Å². The van der Waals surface area contributed by atoms with Crippen LogP contribution in [0.25, 0.3) is 0 Å². The van der Waals surface area contributed by atoms with Crippen molar-refractivity contribution in [3.63, 3.8) is 0 Å². The molecular formula is C34H49ClF4N4O7. The van der Waals surface area contributed by atoms with Gasteiger partial charge < -0.3 is 19.6 Å². The Morgan fingerprint density at radius 2 is 1.26 bits per heavy atom. The van der Waals surface area contributed by atoms with Crippen LogP contribution >= 0.6 is 12.4 Å². The van der Waals surface area contributed by atoms with Crippen LogP contribution in [0.2, 0.25) is 0 Å². The predicted molar refractivity (Wildman–Crippen MR) is 182 cm³/mol. The number of carbonyl (C=O) groups excluding carboxylic acids is 3. The van der Waals surface area contributed by atoms with Crippen LogP contribution in [0.1, 0.15) is 64.8 Å². The van der Waals surface area contributed by atoms with Crippen LogP contribution in [0, 0.1) is 23.5 Å². The standard InChI is InChI=1S/C17H24F2N2O3.C14H18FNO4.C3H6FN.ClH/c1-4-24-17(23)15(11(2)3)21-8-12(7-14(19)16(21)22)5-6-20-9-13(18)10-20;1-4-20-14(19)12(9(2)3)16-8-10(5-6-17)7-11(15)13(16)18;4-3-1-5-2-3;/h7-8,11,13,15H,4-6,9-10H2,1-3H3;6-9,12H,4-5H2,1-3H3;3,5H,1-2H2;1H. The molecule has 0 aromatic carbocycles. The van der Waals surface area contributed by atoms with Crippen LogP contribution in [0.15, 0.2) is 34.1 Å². The maximum absolute atomic E-state index is 14.0. The Morgan fingerprint density at radius 3 is 1.60 bits per heavy atom. The maximum Gasteiger partial charge on any atom is 0.329 e. The Balaban J connectivity index is 0.000000435. The molecule has 2 aromatic heterocycles. The van der Waals surface area contributed by atoms with Gasteiger partial charge in [-0.15, -0.1) is 12.4 Å². The number of hydrogen-bond acceptors (Lipinski definition) is 9. The third-order valence-electron chi connectivity index (χ3n) is 7.71. The van der Waals surface area contributed by atoms with Gasteiger partial charge in [0.05, 0.1) is 13.2 Å². The van der Waals surface area contributed by atoms with E-state index in [4.69, 9.17) is 9.47 Å². The minimum Gasteiger partial charge on any atom is -0.464 e. The topological polar surface area (TPSA) is 129 Å². The summed E-state index contributed by atoms with van der Waals surface area (Å²) in [5.74, 6) is -3.49. The largest absolute Gasteiger partial charge is 0.464 e. The molecule has 0 aliphatic carbocycles. The molecular weight excluding hydrogens is 688 g/mol. The molecule has 282 valence electrons. The summed E-state index contributed by atoms with van der Waals surface area (Å²) >= 11 is 0. The summed E-state index contributed by atoms with van der Waals surface area (Å²) in [6, 6.07) is 0.416. The first-order valence-electron chi connectivity index (χ1n) is 16.4. The van der Waals surface area contributed by atoms with Crippen molar-refractivity contribution in [3.05, 3.63) is 68.0 Å². The SMILES string of the molecule is CCOC(=O)C(C(C)C)n1cc(CC=O)cc(F)c1=O.CCOC(=O)C(C(C)C)n1cc(CCN2CC(F)C2)cc(F)c1=O.Cl.FC1CNC1. The maximum atomic E-state index is 14.0. The molecule has 4 heterocycles. The summed E-state index contributed by atoms with van der Waals surface area (Å²) in [6.45, 7) is 13.2. The highest BCUT2D eigenvalue weighted by Gasteiger charge is 2.29. The first-order valence-corrected chi connectivity index (χ1v) is 16.4. The van der Waals surface area contributed by atoms with Crippen molar-refractivity contribution in [1.82, 2.24) is 19.4 Å². The molecule has 2 fully saturated rings. The zero-order valence-electron chi connectivity index (χ0n) is 29.3. The molecule has 2 saturated heterocycles. The Kier molecular flexibility index (Phi) is 19.2. The summed E-state index contributed by atoms with van der Waals surface area (Å²) in [6.07, 6.45) is 2.59. The lowest BCUT2D eigenvalue weighted by molar-refractivity contribution is -0.149. The number of carbonyl (C=O) groups is 3. The van der Waals surface area contributed by atoms with E-state index >= 15 is 0 Å². The second-order valence-corrected chi connectivity index (χ2v) is 12.4. The lowest BCUT2D eigenvalue weighted by Gasteiger charge is -2.34. The zero-order chi connectivity index (χ0) is 36.8. The molecule has 0 radical (unpaired) electrons. The smallest absolute Gasteiger partial charge is 0.329 e. The Labute approximate surface area is 295 Å². The molecule has 0 bridgehead atoms. The van der Waals surface area contributed by atoms with Crippen molar-refractivity contribution in [1.29, 1.82) is 0 Å². The van der Waals surface area contributed by atoms with Gasteiger partial charge in [0.1, 0.15) is 30.7 Å². The van der Waals surface area contributed by atoms with Crippen molar-refractivity contribution >= 4 is 30.6 Å². The van der Waals surface area contributed by atoms with Gasteiger partial charge in [-0.25, -0.2) is 27.2 Å². The molecule has 0 spiro atoms. The number of aromatic nitrogens is 2.